The Labute approximate surface area is 116 Å². The van der Waals surface area contributed by atoms with Gasteiger partial charge in [0.15, 0.2) is 5.78 Å². The largest absolute Gasteiger partial charge is 0.294 e. The number of rotatable bonds is 2. The van der Waals surface area contributed by atoms with E-state index in [2.05, 4.69) is 0 Å². The van der Waals surface area contributed by atoms with E-state index in [0.29, 0.717) is 6.42 Å². The summed E-state index contributed by atoms with van der Waals surface area (Å²) in [5.41, 5.74) is 0.766. The topological polar surface area (TPSA) is 17.1 Å². The number of carbonyl (C=O) groups excluding carboxylic acids is 1. The highest BCUT2D eigenvalue weighted by atomic mass is 35.5. The van der Waals surface area contributed by atoms with Gasteiger partial charge in [-0.2, -0.15) is 0 Å². The van der Waals surface area contributed by atoms with Crippen LogP contribution in [-0.4, -0.2) is 5.78 Å². The first-order valence-corrected chi connectivity index (χ1v) is 6.72. The molecular formula is C17H13ClO. The molecule has 3 aromatic carbocycles. The molecule has 0 amide bonds. The molecule has 3 rings (SSSR count). The highest BCUT2D eigenvalue weighted by Crippen LogP contribution is 2.32. The van der Waals surface area contributed by atoms with Crippen LogP contribution in [0.25, 0.3) is 21.5 Å². The number of carbonyl (C=O) groups is 1. The molecule has 0 spiro atoms. The third-order valence-electron chi connectivity index (χ3n) is 3.45. The summed E-state index contributed by atoms with van der Waals surface area (Å²) in [5, 5.41) is 5.02. The number of Topliss-reactive ketones (excluding diaryl/α,β-unsaturated/α-hetero) is 1. The van der Waals surface area contributed by atoms with Crippen molar-refractivity contribution in [2.24, 2.45) is 0 Å². The van der Waals surface area contributed by atoms with Crippen LogP contribution in [0.15, 0.2) is 48.5 Å². The number of hydrogen-bond acceptors (Lipinski definition) is 1. The first-order chi connectivity index (χ1) is 9.20. The van der Waals surface area contributed by atoms with Crippen molar-refractivity contribution >= 4 is 38.9 Å². The molecule has 0 aliphatic carbocycles. The second kappa shape index (κ2) is 4.67. The zero-order valence-electron chi connectivity index (χ0n) is 10.6. The summed E-state index contributed by atoms with van der Waals surface area (Å²) >= 11 is 6.30. The lowest BCUT2D eigenvalue weighted by Crippen LogP contribution is -1.95. The van der Waals surface area contributed by atoms with E-state index in [0.717, 1.165) is 32.1 Å². The summed E-state index contributed by atoms with van der Waals surface area (Å²) in [7, 11) is 0. The summed E-state index contributed by atoms with van der Waals surface area (Å²) in [6, 6.07) is 15.8. The van der Waals surface area contributed by atoms with Gasteiger partial charge in [0.1, 0.15) is 0 Å². The highest BCUT2D eigenvalue weighted by Gasteiger charge is 2.08. The molecule has 3 aromatic rings. The summed E-state index contributed by atoms with van der Waals surface area (Å²) in [6.07, 6.45) is 0.525. The van der Waals surface area contributed by atoms with Gasteiger partial charge in [-0.25, -0.2) is 0 Å². The predicted molar refractivity (Wildman–Crippen MR) is 81.1 cm³/mol. The third-order valence-corrected chi connectivity index (χ3v) is 3.77. The lowest BCUT2D eigenvalue weighted by atomic mass is 9.98. The van der Waals surface area contributed by atoms with Crippen molar-refractivity contribution in [2.75, 3.05) is 0 Å². The first-order valence-electron chi connectivity index (χ1n) is 6.35. The van der Waals surface area contributed by atoms with Crippen molar-refractivity contribution in [3.05, 3.63) is 59.1 Å². The van der Waals surface area contributed by atoms with Crippen molar-refractivity contribution < 1.29 is 4.79 Å². The maximum Gasteiger partial charge on any atom is 0.162 e. The van der Waals surface area contributed by atoms with Gasteiger partial charge < -0.3 is 0 Å². The van der Waals surface area contributed by atoms with Crippen LogP contribution in [-0.2, 0) is 0 Å². The van der Waals surface area contributed by atoms with Crippen molar-refractivity contribution in [3.8, 4) is 0 Å². The van der Waals surface area contributed by atoms with Crippen molar-refractivity contribution in [1.82, 2.24) is 0 Å². The molecule has 0 unspecified atom stereocenters. The summed E-state index contributed by atoms with van der Waals surface area (Å²) < 4.78 is 0. The fourth-order valence-electron chi connectivity index (χ4n) is 2.43. The van der Waals surface area contributed by atoms with Gasteiger partial charge in [-0.05, 0) is 28.3 Å². The van der Waals surface area contributed by atoms with Gasteiger partial charge in [-0.3, -0.25) is 4.79 Å². The van der Waals surface area contributed by atoms with Crippen molar-refractivity contribution in [1.29, 1.82) is 0 Å². The van der Waals surface area contributed by atoms with Gasteiger partial charge in [0.25, 0.3) is 0 Å². The van der Waals surface area contributed by atoms with E-state index in [4.69, 9.17) is 11.6 Å². The number of ketones is 1. The van der Waals surface area contributed by atoms with Crippen molar-refractivity contribution in [2.45, 2.75) is 13.3 Å². The van der Waals surface area contributed by atoms with E-state index in [1.54, 1.807) is 0 Å². The van der Waals surface area contributed by atoms with Gasteiger partial charge in [-0.1, -0.05) is 54.9 Å². The SMILES string of the molecule is CCC(=O)c1ccc2cc(Cl)c3ccccc3c2c1. The lowest BCUT2D eigenvalue weighted by molar-refractivity contribution is 0.0988. The quantitative estimate of drug-likeness (QED) is 0.459. The summed E-state index contributed by atoms with van der Waals surface area (Å²) in [4.78, 5) is 11.8. The fourth-order valence-corrected chi connectivity index (χ4v) is 2.72. The molecule has 0 heterocycles. The third kappa shape index (κ3) is 2.00. The van der Waals surface area contributed by atoms with Gasteiger partial charge in [-0.15, -0.1) is 0 Å². The van der Waals surface area contributed by atoms with Crippen LogP contribution in [0.1, 0.15) is 23.7 Å². The van der Waals surface area contributed by atoms with Crippen LogP contribution in [0.3, 0.4) is 0 Å². The molecule has 0 saturated heterocycles. The molecule has 2 heteroatoms. The molecule has 0 aliphatic rings. The number of hydrogen-bond donors (Lipinski definition) is 0. The Morgan fingerprint density at radius 1 is 1.00 bits per heavy atom. The van der Waals surface area contributed by atoms with E-state index in [1.807, 2.05) is 55.5 Å². The zero-order valence-corrected chi connectivity index (χ0v) is 11.4. The highest BCUT2D eigenvalue weighted by molar-refractivity contribution is 6.37. The van der Waals surface area contributed by atoms with Crippen LogP contribution in [0, 0.1) is 0 Å². The Morgan fingerprint density at radius 2 is 1.74 bits per heavy atom. The number of benzene rings is 3. The molecule has 0 bridgehead atoms. The van der Waals surface area contributed by atoms with Gasteiger partial charge in [0.2, 0.25) is 0 Å². The minimum Gasteiger partial charge on any atom is -0.294 e. The Kier molecular flexibility index (Phi) is 3.00. The Hall–Kier alpha value is -1.86. The molecule has 1 nitrogen and oxygen atoms in total. The van der Waals surface area contributed by atoms with E-state index in [1.165, 1.54) is 0 Å². The van der Waals surface area contributed by atoms with E-state index in [9.17, 15) is 4.79 Å². The second-order valence-corrected chi connectivity index (χ2v) is 5.02. The maximum atomic E-state index is 11.8. The smallest absolute Gasteiger partial charge is 0.162 e. The first kappa shape index (κ1) is 12.2. The molecule has 0 atom stereocenters. The molecule has 94 valence electrons. The Balaban J connectivity index is 2.41. The molecule has 19 heavy (non-hydrogen) atoms. The lowest BCUT2D eigenvalue weighted by Gasteiger charge is -2.07. The Morgan fingerprint density at radius 3 is 2.47 bits per heavy atom. The van der Waals surface area contributed by atoms with Crippen molar-refractivity contribution in [3.63, 3.8) is 0 Å². The second-order valence-electron chi connectivity index (χ2n) is 4.62. The summed E-state index contributed by atoms with van der Waals surface area (Å²) in [5.74, 6) is 0.168. The monoisotopic (exact) mass is 268 g/mol. The molecule has 0 aliphatic heterocycles. The average Bonchev–Trinajstić information content (AvgIpc) is 2.46. The van der Waals surface area contributed by atoms with Crippen LogP contribution in [0.5, 0.6) is 0 Å². The summed E-state index contributed by atoms with van der Waals surface area (Å²) in [6.45, 7) is 1.88. The van der Waals surface area contributed by atoms with Gasteiger partial charge in [0, 0.05) is 22.4 Å². The molecule has 0 fully saturated rings. The van der Waals surface area contributed by atoms with Gasteiger partial charge in [0.05, 0.1) is 0 Å². The minimum atomic E-state index is 0.168. The average molecular weight is 269 g/mol. The van der Waals surface area contributed by atoms with Crippen LogP contribution >= 0.6 is 11.6 Å². The molecule has 0 saturated carbocycles. The zero-order chi connectivity index (χ0) is 13.4. The van der Waals surface area contributed by atoms with Gasteiger partial charge >= 0.3 is 0 Å². The fraction of sp³-hybridized carbons (Fsp3) is 0.118. The van der Waals surface area contributed by atoms with Crippen LogP contribution in [0.4, 0.5) is 0 Å². The Bertz CT molecular complexity index is 790. The van der Waals surface area contributed by atoms with E-state index >= 15 is 0 Å². The molecule has 0 aromatic heterocycles. The van der Waals surface area contributed by atoms with Crippen LogP contribution < -0.4 is 0 Å². The van der Waals surface area contributed by atoms with E-state index in [-0.39, 0.29) is 5.78 Å². The normalized spacial score (nSPS) is 11.1. The predicted octanol–water partition coefficient (Wildman–Crippen LogP) is 5.24. The molecule has 0 radical (unpaired) electrons. The standard InChI is InChI=1S/C17H13ClO/c1-2-17(19)12-8-7-11-10-16(18)14-6-4-3-5-13(14)15(11)9-12/h3-10H,2H2,1H3. The number of fused-ring (bicyclic) bond motifs is 3. The maximum absolute atomic E-state index is 11.8. The number of halogens is 1. The van der Waals surface area contributed by atoms with E-state index < -0.39 is 0 Å². The minimum absolute atomic E-state index is 0.168. The molecular weight excluding hydrogens is 256 g/mol. The molecule has 0 N–H and O–H groups in total. The van der Waals surface area contributed by atoms with Crippen LogP contribution in [0.2, 0.25) is 5.02 Å².